The Bertz CT molecular complexity index is 4680. The van der Waals surface area contributed by atoms with Crippen molar-refractivity contribution in [3.63, 3.8) is 0 Å². The zero-order valence-corrected chi connectivity index (χ0v) is 64.4. The zero-order valence-electron chi connectivity index (χ0n) is 56.3. The highest BCUT2D eigenvalue weighted by Gasteiger charge is 2.39. The van der Waals surface area contributed by atoms with Crippen LogP contribution in [-0.4, -0.2) is 192 Å². The molecule has 3 aromatic carbocycles. The molecule has 101 heavy (non-hydrogen) atoms. The fraction of sp³-hybridized carbons (Fsp3) is 0.385. The lowest BCUT2D eigenvalue weighted by Crippen LogP contribution is -2.58. The number of nitrogens with one attached hydrogen (secondary N) is 1. The van der Waals surface area contributed by atoms with Crippen molar-refractivity contribution in [3.05, 3.63) is 191 Å². The van der Waals surface area contributed by atoms with Crippen LogP contribution >= 0.6 is 44.7 Å². The standard InChI is InChI=1S/C23H28N4O5S3.C19H26N2O6S3.C18H25N3O3S2.C5H4ClNO2S/c1-23(2,28)18-7-9-19(10-8-18)27-13-12-26(35(31,32)22-6-4-14-33-22)17-20(27)15-25-34(29,30)21-5-3-11-24-16-21;1-19(2,22)15-6-8-16(9-7-15)21-11-10-20(13-17(21)14-27-29(3,23)24)30(25,26)18-5-4-12-28-18;1-18(2,22)14-5-7-15(8-6-14)21-10-9-20(13-16(21)12-19)26(23,24)17-4-3-11-25-17;6-10(8,9)5-2-1-3-7-4-5/h3-11,14,16,20,25,28H,12-13,15,17H2,1-2H3;4-9,12,17,22H,10-11,13-14H2,1-3H3;3-8,11,16,22H,9-10,12-13,19H2,1-2H3;1-4H/t20-;17-;16-;/m010./s1. The van der Waals surface area contributed by atoms with E-state index in [1.165, 1.54) is 67.2 Å². The summed E-state index contributed by atoms with van der Waals surface area (Å²) < 4.78 is 160. The van der Waals surface area contributed by atoms with Gasteiger partial charge in [0.25, 0.3) is 49.2 Å². The molecule has 3 saturated heterocycles. The van der Waals surface area contributed by atoms with Gasteiger partial charge in [0.05, 0.1) is 47.8 Å². The van der Waals surface area contributed by atoms with Gasteiger partial charge in [0.15, 0.2) is 0 Å². The molecule has 3 fully saturated rings. The summed E-state index contributed by atoms with van der Waals surface area (Å²) in [6.07, 6.45) is 6.41. The minimum absolute atomic E-state index is 0.000925. The van der Waals surface area contributed by atoms with Gasteiger partial charge in [-0.1, -0.05) is 54.6 Å². The van der Waals surface area contributed by atoms with Crippen molar-refractivity contribution in [2.24, 2.45) is 5.73 Å². The SMILES string of the molecule is CC(C)(O)c1ccc(N2CCN(S(=O)(=O)c3cccs3)C[C@@H]2CN)cc1.CC(C)(O)c1ccc(N2CCN(S(=O)(=O)c3cccs3)C[C@@H]2CNS(=O)(=O)c2cccnc2)cc1.CC(C)(O)c1ccc(N2CCN(S(=O)(=O)c3cccs3)C[C@@H]2COS(C)(=O)=O)cc1.O=S(=O)(Cl)c1cccnc1. The number of thiophene rings is 3. The third-order valence-electron chi connectivity index (χ3n) is 16.4. The number of piperazine rings is 3. The summed E-state index contributed by atoms with van der Waals surface area (Å²) in [5.41, 5.74) is 8.02. The van der Waals surface area contributed by atoms with Gasteiger partial charge in [-0.15, -0.1) is 34.0 Å². The molecule has 0 amide bonds. The molecule has 36 heteroatoms. The van der Waals surface area contributed by atoms with Crippen molar-refractivity contribution in [1.82, 2.24) is 27.6 Å². The lowest BCUT2D eigenvalue weighted by molar-refractivity contribution is 0.0780. The maximum absolute atomic E-state index is 13.2. The van der Waals surface area contributed by atoms with E-state index in [1.807, 2.05) is 70.5 Å². The Hall–Kier alpha value is -5.91. The summed E-state index contributed by atoms with van der Waals surface area (Å²) in [4.78, 5) is 13.6. The third kappa shape index (κ3) is 21.6. The van der Waals surface area contributed by atoms with Crippen molar-refractivity contribution in [3.8, 4) is 0 Å². The monoisotopic (exact) mass is 1580 g/mol. The van der Waals surface area contributed by atoms with E-state index in [4.69, 9.17) is 20.6 Å². The maximum atomic E-state index is 13.2. The molecule has 0 aliphatic carbocycles. The van der Waals surface area contributed by atoms with Gasteiger partial charge in [0.1, 0.15) is 22.4 Å². The van der Waals surface area contributed by atoms with Crippen LogP contribution in [0.3, 0.4) is 0 Å². The molecule has 0 saturated carbocycles. The molecular formula is C65H83ClN10O16S9. The smallest absolute Gasteiger partial charge is 0.264 e. The zero-order chi connectivity index (χ0) is 74.0. The van der Waals surface area contributed by atoms with Crippen molar-refractivity contribution in [2.45, 2.75) is 98.9 Å². The predicted octanol–water partition coefficient (Wildman–Crippen LogP) is 6.88. The van der Waals surface area contributed by atoms with Crippen LogP contribution in [0.5, 0.6) is 0 Å². The average Bonchev–Trinajstić information content (AvgIpc) is 1.75. The molecule has 550 valence electrons. The molecule has 5 aromatic heterocycles. The van der Waals surface area contributed by atoms with Crippen LogP contribution in [0, 0.1) is 0 Å². The van der Waals surface area contributed by atoms with Gasteiger partial charge >= 0.3 is 0 Å². The van der Waals surface area contributed by atoms with Crippen LogP contribution in [0.25, 0.3) is 0 Å². The van der Waals surface area contributed by atoms with Gasteiger partial charge in [-0.05, 0) is 153 Å². The highest BCUT2D eigenvalue weighted by atomic mass is 35.7. The number of pyridine rings is 2. The van der Waals surface area contributed by atoms with Crippen molar-refractivity contribution < 1.29 is 70.0 Å². The van der Waals surface area contributed by atoms with Crippen molar-refractivity contribution in [1.29, 1.82) is 0 Å². The fourth-order valence-electron chi connectivity index (χ4n) is 11.0. The molecule has 0 spiro atoms. The van der Waals surface area contributed by atoms with E-state index in [2.05, 4.69) is 19.6 Å². The van der Waals surface area contributed by atoms with E-state index >= 15 is 0 Å². The second-order valence-corrected chi connectivity index (χ2v) is 40.5. The summed E-state index contributed by atoms with van der Waals surface area (Å²) in [7, 11) is -16.9. The summed E-state index contributed by atoms with van der Waals surface area (Å²) in [5.74, 6) is 0. The molecule has 3 aliphatic rings. The first-order valence-electron chi connectivity index (χ1n) is 31.4. The predicted molar refractivity (Wildman–Crippen MR) is 394 cm³/mol. The Balaban J connectivity index is 0.000000181. The van der Waals surface area contributed by atoms with Gasteiger partial charge in [0, 0.05) is 125 Å². The van der Waals surface area contributed by atoms with E-state index in [0.29, 0.717) is 43.5 Å². The first-order valence-corrected chi connectivity index (χ1v) is 44.0. The number of anilines is 3. The topological polar surface area (TPSA) is 358 Å². The first kappa shape index (κ1) is 80.8. The van der Waals surface area contributed by atoms with Crippen LogP contribution in [0.2, 0.25) is 0 Å². The van der Waals surface area contributed by atoms with E-state index in [9.17, 15) is 65.8 Å². The van der Waals surface area contributed by atoms with E-state index in [-0.39, 0.29) is 63.6 Å². The molecule has 11 rings (SSSR count). The second-order valence-electron chi connectivity index (χ2n) is 25.1. The number of aliphatic hydroxyl groups is 3. The maximum Gasteiger partial charge on any atom is 0.264 e. The van der Waals surface area contributed by atoms with Crippen molar-refractivity contribution >= 4 is 121 Å². The number of nitrogens with two attached hydrogens (primary N) is 1. The normalized spacial score (nSPS) is 18.1. The lowest BCUT2D eigenvalue weighted by Gasteiger charge is -2.42. The van der Waals surface area contributed by atoms with Crippen LogP contribution in [-0.2, 0) is 80.2 Å². The number of sulfonamides is 4. The molecule has 3 atom stereocenters. The number of benzene rings is 3. The molecule has 3 aliphatic heterocycles. The third-order valence-corrected chi connectivity index (χ3v) is 29.5. The Kier molecular flexibility index (Phi) is 26.8. The molecule has 0 radical (unpaired) electrons. The Morgan fingerprint density at radius 3 is 1.12 bits per heavy atom. The lowest BCUT2D eigenvalue weighted by atomic mass is 9.98. The van der Waals surface area contributed by atoms with Gasteiger partial charge in [-0.2, -0.15) is 21.3 Å². The number of hydrogen-bond acceptors (Lipinski definition) is 25. The minimum Gasteiger partial charge on any atom is -0.386 e. The summed E-state index contributed by atoms with van der Waals surface area (Å²) in [6.45, 7) is 13.4. The van der Waals surface area contributed by atoms with Gasteiger partial charge in [-0.25, -0.2) is 46.8 Å². The Morgan fingerprint density at radius 1 is 0.485 bits per heavy atom. The quantitative estimate of drug-likeness (QED) is 0.0361. The second kappa shape index (κ2) is 33.5. The average molecular weight is 1580 g/mol. The number of nitrogens with zero attached hydrogens (tertiary/aromatic N) is 8. The molecule has 8 heterocycles. The van der Waals surface area contributed by atoms with E-state index < -0.39 is 88.1 Å². The molecule has 0 bridgehead atoms. The number of halogens is 1. The summed E-state index contributed by atoms with van der Waals surface area (Å²) in [5, 5.41) is 35.7. The molecule has 0 unspecified atom stereocenters. The van der Waals surface area contributed by atoms with E-state index in [0.717, 1.165) is 62.7 Å². The number of hydrogen-bond donors (Lipinski definition) is 5. The fourth-order valence-corrected chi connectivity index (χ4v) is 20.9. The van der Waals surface area contributed by atoms with Crippen LogP contribution < -0.4 is 25.2 Å². The Labute approximate surface area is 609 Å². The van der Waals surface area contributed by atoms with Crippen LogP contribution in [0.15, 0.2) is 197 Å². The highest BCUT2D eigenvalue weighted by Crippen LogP contribution is 2.33. The van der Waals surface area contributed by atoms with Gasteiger partial charge in [0.2, 0.25) is 10.0 Å². The van der Waals surface area contributed by atoms with Crippen LogP contribution in [0.1, 0.15) is 58.2 Å². The van der Waals surface area contributed by atoms with Crippen LogP contribution in [0.4, 0.5) is 17.1 Å². The van der Waals surface area contributed by atoms with E-state index in [1.54, 1.807) is 112 Å². The highest BCUT2D eigenvalue weighted by molar-refractivity contribution is 8.13. The molecular weight excluding hydrogens is 1500 g/mol. The first-order chi connectivity index (χ1) is 47.2. The summed E-state index contributed by atoms with van der Waals surface area (Å²) >= 11 is 3.54. The van der Waals surface area contributed by atoms with Crippen molar-refractivity contribution in [2.75, 3.05) is 99.6 Å². The molecule has 8 aromatic rings. The van der Waals surface area contributed by atoms with Gasteiger partial charge < -0.3 is 35.8 Å². The largest absolute Gasteiger partial charge is 0.386 e. The Morgan fingerprint density at radius 2 is 0.822 bits per heavy atom. The number of aromatic nitrogens is 2. The summed E-state index contributed by atoms with van der Waals surface area (Å²) in [6, 6.07) is 37.1. The molecule has 26 nitrogen and oxygen atoms in total. The minimum atomic E-state index is -3.83. The molecule has 6 N–H and O–H groups in total. The number of rotatable bonds is 21. The van der Waals surface area contributed by atoms with Gasteiger partial charge in [-0.3, -0.25) is 14.2 Å².